The lowest BCUT2D eigenvalue weighted by molar-refractivity contribution is 0.0915. The normalized spacial score (nSPS) is 12.9. The van der Waals surface area contributed by atoms with Gasteiger partial charge in [0, 0.05) is 17.5 Å². The van der Waals surface area contributed by atoms with E-state index in [0.29, 0.717) is 22.3 Å². The molecule has 2 aromatic carbocycles. The topological polar surface area (TPSA) is 99.5 Å². The summed E-state index contributed by atoms with van der Waals surface area (Å²) in [7, 11) is 0. The van der Waals surface area contributed by atoms with Gasteiger partial charge in [-0.05, 0) is 59.9 Å². The Morgan fingerprint density at radius 3 is 2.43 bits per heavy atom. The van der Waals surface area contributed by atoms with Crippen molar-refractivity contribution in [1.82, 2.24) is 10.3 Å². The molecule has 3 aromatic rings. The predicted octanol–water partition coefficient (Wildman–Crippen LogP) is 3.55. The van der Waals surface area contributed by atoms with Gasteiger partial charge in [0.25, 0.3) is 5.91 Å². The minimum absolute atomic E-state index is 0.0713. The zero-order valence-corrected chi connectivity index (χ0v) is 17.6. The molecule has 1 heterocycles. The molecule has 1 unspecified atom stereocenters. The van der Waals surface area contributed by atoms with Crippen LogP contribution in [0.4, 0.5) is 0 Å². The monoisotopic (exact) mass is 424 g/mol. The van der Waals surface area contributed by atoms with Crippen molar-refractivity contribution in [3.8, 4) is 11.1 Å². The van der Waals surface area contributed by atoms with E-state index in [1.54, 1.807) is 19.2 Å². The molecule has 2 atom stereocenters. The Morgan fingerprint density at radius 2 is 1.83 bits per heavy atom. The molecule has 0 saturated carbocycles. The summed E-state index contributed by atoms with van der Waals surface area (Å²) in [5, 5.41) is 12.7. The number of nitrogens with zero attached hydrogens (tertiary/aromatic N) is 1. The van der Waals surface area contributed by atoms with Crippen LogP contribution in [0.5, 0.6) is 0 Å². The van der Waals surface area contributed by atoms with Crippen LogP contribution in [0.1, 0.15) is 38.8 Å². The van der Waals surface area contributed by atoms with E-state index in [2.05, 4.69) is 10.3 Å². The lowest BCUT2D eigenvalue weighted by Crippen LogP contribution is -2.31. The first-order valence-corrected chi connectivity index (χ1v) is 10.8. The number of carbonyl (C=O) groups is 1. The maximum absolute atomic E-state index is 13.1. The summed E-state index contributed by atoms with van der Waals surface area (Å²) < 4.78 is 20.9. The van der Waals surface area contributed by atoms with Gasteiger partial charge < -0.3 is 15.0 Å². The molecule has 0 bridgehead atoms. The van der Waals surface area contributed by atoms with Crippen LogP contribution < -0.4 is 5.32 Å². The molecule has 6 nitrogen and oxygen atoms in total. The van der Waals surface area contributed by atoms with E-state index in [-0.39, 0.29) is 18.3 Å². The molecular formula is C23H24N2O4S. The van der Waals surface area contributed by atoms with Crippen molar-refractivity contribution in [3.05, 3.63) is 88.7 Å². The van der Waals surface area contributed by atoms with Gasteiger partial charge in [-0.25, -0.2) is 4.21 Å². The van der Waals surface area contributed by atoms with Crippen LogP contribution in [0, 0.1) is 13.8 Å². The summed E-state index contributed by atoms with van der Waals surface area (Å²) in [5.74, 6) is -0.437. The number of benzene rings is 2. The Kier molecular flexibility index (Phi) is 7.10. The highest BCUT2D eigenvalue weighted by atomic mass is 32.2. The Balaban J connectivity index is 1.99. The van der Waals surface area contributed by atoms with Crippen LogP contribution in [-0.2, 0) is 16.8 Å². The first kappa shape index (κ1) is 21.8. The molecule has 0 spiro atoms. The summed E-state index contributed by atoms with van der Waals surface area (Å²) >= 11 is -2.04. The Morgan fingerprint density at radius 1 is 1.10 bits per heavy atom. The molecule has 0 aliphatic carbocycles. The van der Waals surface area contributed by atoms with Gasteiger partial charge in [0.05, 0.1) is 18.4 Å². The van der Waals surface area contributed by atoms with Crippen molar-refractivity contribution in [2.45, 2.75) is 25.6 Å². The van der Waals surface area contributed by atoms with Crippen molar-refractivity contribution in [3.63, 3.8) is 0 Å². The summed E-state index contributed by atoms with van der Waals surface area (Å²) in [6.45, 7) is 3.34. The van der Waals surface area contributed by atoms with Gasteiger partial charge in [-0.15, -0.1) is 0 Å². The van der Waals surface area contributed by atoms with Crippen molar-refractivity contribution in [2.24, 2.45) is 0 Å². The number of aromatic nitrogens is 1. The molecule has 1 aromatic heterocycles. The van der Waals surface area contributed by atoms with E-state index in [1.807, 2.05) is 55.5 Å². The first-order chi connectivity index (χ1) is 14.4. The quantitative estimate of drug-likeness (QED) is 0.504. The smallest absolute Gasteiger partial charge is 0.252 e. The van der Waals surface area contributed by atoms with Crippen molar-refractivity contribution < 1.29 is 18.7 Å². The van der Waals surface area contributed by atoms with Gasteiger partial charge >= 0.3 is 0 Å². The van der Waals surface area contributed by atoms with Crippen molar-refractivity contribution in [1.29, 1.82) is 0 Å². The molecular weight excluding hydrogens is 400 g/mol. The molecule has 0 radical (unpaired) electrons. The fourth-order valence-corrected chi connectivity index (χ4v) is 3.81. The van der Waals surface area contributed by atoms with E-state index in [4.69, 9.17) is 0 Å². The number of carbonyl (C=O) groups excluding carboxylic acids is 1. The largest absolute Gasteiger partial charge is 0.394 e. The number of aliphatic hydroxyl groups is 1. The minimum Gasteiger partial charge on any atom is -0.394 e. The molecule has 0 saturated heterocycles. The fourth-order valence-electron chi connectivity index (χ4n) is 3.25. The van der Waals surface area contributed by atoms with Crippen LogP contribution in [-0.4, -0.2) is 31.4 Å². The minimum atomic E-state index is -2.04. The summed E-state index contributed by atoms with van der Waals surface area (Å²) in [4.78, 5) is 17.3. The van der Waals surface area contributed by atoms with Crippen LogP contribution in [0.25, 0.3) is 11.1 Å². The molecule has 0 aliphatic rings. The van der Waals surface area contributed by atoms with Gasteiger partial charge in [0.15, 0.2) is 11.1 Å². The van der Waals surface area contributed by atoms with Crippen molar-refractivity contribution in [2.75, 3.05) is 6.61 Å². The Labute approximate surface area is 178 Å². The molecule has 156 valence electrons. The maximum atomic E-state index is 13.1. The number of amides is 1. The average Bonchev–Trinajstić information content (AvgIpc) is 2.74. The van der Waals surface area contributed by atoms with Crippen LogP contribution in [0.15, 0.2) is 60.8 Å². The molecule has 0 fully saturated rings. The zero-order valence-electron chi connectivity index (χ0n) is 16.8. The van der Waals surface area contributed by atoms with E-state index in [1.165, 1.54) is 0 Å². The summed E-state index contributed by atoms with van der Waals surface area (Å²) in [6.07, 6.45) is 1.63. The average molecular weight is 425 g/mol. The molecule has 0 aliphatic heterocycles. The molecule has 7 heteroatoms. The SMILES string of the molecule is Cc1ccc([C@@H](CO)NC(=O)c2cc(-c3ccccc3)cc(CS(=O)O)c2C)cn1. The van der Waals surface area contributed by atoms with Gasteiger partial charge in [0.2, 0.25) is 0 Å². The second-order valence-corrected chi connectivity index (χ2v) is 8.01. The Bertz CT molecular complexity index is 1050. The standard InChI is InChI=1S/C23H24N2O4S/c1-15-8-9-18(12-24-15)22(13-26)25-23(27)21-11-19(17-6-4-3-5-7-17)10-20(16(21)2)14-30(28)29/h3-12,22,26H,13-14H2,1-2H3,(H,25,27)(H,28,29)/t22-/m1/s1. The van der Waals surface area contributed by atoms with Crippen LogP contribution in [0.2, 0.25) is 0 Å². The number of hydrogen-bond donors (Lipinski definition) is 3. The highest BCUT2D eigenvalue weighted by molar-refractivity contribution is 7.78. The second-order valence-electron chi connectivity index (χ2n) is 7.08. The number of nitrogens with one attached hydrogen (secondary N) is 1. The van der Waals surface area contributed by atoms with Crippen LogP contribution in [0.3, 0.4) is 0 Å². The highest BCUT2D eigenvalue weighted by Gasteiger charge is 2.20. The number of aryl methyl sites for hydroxylation is 1. The maximum Gasteiger partial charge on any atom is 0.252 e. The highest BCUT2D eigenvalue weighted by Crippen LogP contribution is 2.27. The number of hydrogen-bond acceptors (Lipinski definition) is 4. The fraction of sp³-hybridized carbons (Fsp3) is 0.217. The van der Waals surface area contributed by atoms with Gasteiger partial charge in [0.1, 0.15) is 0 Å². The zero-order chi connectivity index (χ0) is 21.7. The van der Waals surface area contributed by atoms with Crippen molar-refractivity contribution >= 4 is 17.0 Å². The first-order valence-electron chi connectivity index (χ1n) is 9.49. The van der Waals surface area contributed by atoms with Crippen LogP contribution >= 0.6 is 0 Å². The molecule has 30 heavy (non-hydrogen) atoms. The van der Waals surface area contributed by atoms with E-state index < -0.39 is 17.1 Å². The van der Waals surface area contributed by atoms with Gasteiger partial charge in [-0.3, -0.25) is 9.78 Å². The predicted molar refractivity (Wildman–Crippen MR) is 117 cm³/mol. The lowest BCUT2D eigenvalue weighted by atomic mass is 9.95. The Hall–Kier alpha value is -2.87. The number of aliphatic hydroxyl groups excluding tert-OH is 1. The molecule has 1 amide bonds. The molecule has 3 N–H and O–H groups in total. The third kappa shape index (κ3) is 5.18. The van der Waals surface area contributed by atoms with Gasteiger partial charge in [-0.1, -0.05) is 36.4 Å². The summed E-state index contributed by atoms with van der Waals surface area (Å²) in [5.41, 5.74) is 4.88. The van der Waals surface area contributed by atoms with E-state index >= 15 is 0 Å². The number of pyridine rings is 1. The number of rotatable bonds is 7. The van der Waals surface area contributed by atoms with E-state index in [0.717, 1.165) is 16.8 Å². The second kappa shape index (κ2) is 9.75. The third-order valence-corrected chi connectivity index (χ3v) is 5.53. The third-order valence-electron chi connectivity index (χ3n) is 4.97. The van der Waals surface area contributed by atoms with Gasteiger partial charge in [-0.2, -0.15) is 0 Å². The van der Waals surface area contributed by atoms with E-state index in [9.17, 15) is 18.7 Å². The summed E-state index contributed by atoms with van der Waals surface area (Å²) in [6, 6.07) is 16.2. The lowest BCUT2D eigenvalue weighted by Gasteiger charge is -2.19. The molecule has 3 rings (SSSR count).